The molecule has 0 aliphatic carbocycles. The molecule has 0 amide bonds. The van der Waals surface area contributed by atoms with Crippen LogP contribution in [-0.4, -0.2) is 23.3 Å². The van der Waals surface area contributed by atoms with E-state index in [9.17, 15) is 10.2 Å². The zero-order valence-electron chi connectivity index (χ0n) is 11.4. The van der Waals surface area contributed by atoms with Gasteiger partial charge in [-0.1, -0.05) is 18.2 Å². The zero-order chi connectivity index (χ0) is 13.9. The summed E-state index contributed by atoms with van der Waals surface area (Å²) in [5, 5.41) is 19.1. The molecule has 0 atom stereocenters. The standard InChI is InChI=1S/C17H19NO2/c19-12-15-10-13-6-8-18(16-4-2-1-3-5-16)9-7-14(13)11-17(15)20/h1-5,10-11,19-20H,6-9,12H2. The van der Waals surface area contributed by atoms with Crippen LogP contribution in [0.1, 0.15) is 16.7 Å². The highest BCUT2D eigenvalue weighted by molar-refractivity contribution is 5.49. The van der Waals surface area contributed by atoms with Gasteiger partial charge < -0.3 is 15.1 Å². The summed E-state index contributed by atoms with van der Waals surface area (Å²) in [5.74, 6) is 0.208. The summed E-state index contributed by atoms with van der Waals surface area (Å²) in [6.45, 7) is 1.81. The Morgan fingerprint density at radius 3 is 2.25 bits per heavy atom. The Bertz CT molecular complexity index is 595. The molecule has 0 aromatic heterocycles. The first kappa shape index (κ1) is 13.0. The second-order valence-electron chi connectivity index (χ2n) is 5.23. The topological polar surface area (TPSA) is 43.7 Å². The molecule has 0 saturated heterocycles. The molecule has 2 aromatic carbocycles. The Morgan fingerprint density at radius 2 is 1.60 bits per heavy atom. The second-order valence-corrected chi connectivity index (χ2v) is 5.23. The summed E-state index contributed by atoms with van der Waals surface area (Å²) in [6, 6.07) is 14.2. The molecule has 2 aromatic rings. The third-order valence-corrected chi connectivity index (χ3v) is 3.99. The minimum Gasteiger partial charge on any atom is -0.508 e. The lowest BCUT2D eigenvalue weighted by atomic mass is 9.99. The quantitative estimate of drug-likeness (QED) is 0.880. The largest absolute Gasteiger partial charge is 0.508 e. The van der Waals surface area contributed by atoms with Crippen LogP contribution in [0.15, 0.2) is 42.5 Å². The molecule has 0 spiro atoms. The van der Waals surface area contributed by atoms with E-state index in [0.29, 0.717) is 5.56 Å². The molecule has 0 saturated carbocycles. The molecular formula is C17H19NO2. The smallest absolute Gasteiger partial charge is 0.121 e. The van der Waals surface area contributed by atoms with Crippen molar-refractivity contribution >= 4 is 5.69 Å². The van der Waals surface area contributed by atoms with Gasteiger partial charge in [-0.3, -0.25) is 0 Å². The van der Waals surface area contributed by atoms with Crippen molar-refractivity contribution in [2.75, 3.05) is 18.0 Å². The van der Waals surface area contributed by atoms with Crippen molar-refractivity contribution in [3.05, 3.63) is 59.2 Å². The van der Waals surface area contributed by atoms with Gasteiger partial charge in [0.2, 0.25) is 0 Å². The van der Waals surface area contributed by atoms with E-state index < -0.39 is 0 Å². The number of nitrogens with zero attached hydrogens (tertiary/aromatic N) is 1. The molecule has 0 unspecified atom stereocenters. The van der Waals surface area contributed by atoms with Crippen LogP contribution in [0.5, 0.6) is 5.75 Å². The SMILES string of the molecule is OCc1cc2c(cc1O)CCN(c1ccccc1)CC2. The highest BCUT2D eigenvalue weighted by Crippen LogP contribution is 2.27. The van der Waals surface area contributed by atoms with Crippen LogP contribution < -0.4 is 4.90 Å². The van der Waals surface area contributed by atoms with Crippen LogP contribution in [0.3, 0.4) is 0 Å². The summed E-state index contributed by atoms with van der Waals surface area (Å²) in [6.07, 6.45) is 1.86. The molecule has 0 fully saturated rings. The lowest BCUT2D eigenvalue weighted by molar-refractivity contribution is 0.275. The first-order chi connectivity index (χ1) is 9.78. The molecule has 3 rings (SSSR count). The van der Waals surface area contributed by atoms with Gasteiger partial charge in [0.05, 0.1) is 6.61 Å². The van der Waals surface area contributed by atoms with Crippen LogP contribution in [-0.2, 0) is 19.4 Å². The first-order valence-electron chi connectivity index (χ1n) is 7.02. The molecule has 2 N–H and O–H groups in total. The number of para-hydroxylation sites is 1. The van der Waals surface area contributed by atoms with Crippen molar-refractivity contribution in [2.45, 2.75) is 19.4 Å². The van der Waals surface area contributed by atoms with E-state index in [1.165, 1.54) is 16.8 Å². The molecule has 3 nitrogen and oxygen atoms in total. The molecule has 104 valence electrons. The lowest BCUT2D eigenvalue weighted by Crippen LogP contribution is -2.25. The third-order valence-electron chi connectivity index (χ3n) is 3.99. The maximum absolute atomic E-state index is 9.87. The van der Waals surface area contributed by atoms with Crippen LogP contribution >= 0.6 is 0 Å². The fourth-order valence-electron chi connectivity index (χ4n) is 2.84. The highest BCUT2D eigenvalue weighted by atomic mass is 16.3. The van der Waals surface area contributed by atoms with E-state index in [0.717, 1.165) is 25.9 Å². The van der Waals surface area contributed by atoms with Gasteiger partial charge in [0.1, 0.15) is 5.75 Å². The van der Waals surface area contributed by atoms with E-state index in [-0.39, 0.29) is 12.4 Å². The summed E-state index contributed by atoms with van der Waals surface area (Å²) in [4.78, 5) is 2.37. The van der Waals surface area contributed by atoms with Gasteiger partial charge in [-0.25, -0.2) is 0 Å². The number of hydrogen-bond donors (Lipinski definition) is 2. The van der Waals surface area contributed by atoms with E-state index in [4.69, 9.17) is 0 Å². The van der Waals surface area contributed by atoms with Gasteiger partial charge in [0.25, 0.3) is 0 Å². The predicted octanol–water partition coefficient (Wildman–Crippen LogP) is 2.49. The lowest BCUT2D eigenvalue weighted by Gasteiger charge is -2.22. The minimum absolute atomic E-state index is 0.110. The molecule has 1 heterocycles. The van der Waals surface area contributed by atoms with E-state index in [1.54, 1.807) is 0 Å². The fourth-order valence-corrected chi connectivity index (χ4v) is 2.84. The van der Waals surface area contributed by atoms with Gasteiger partial charge in [0, 0.05) is 24.3 Å². The predicted molar refractivity (Wildman–Crippen MR) is 80.1 cm³/mol. The van der Waals surface area contributed by atoms with Crippen LogP contribution in [0.2, 0.25) is 0 Å². The van der Waals surface area contributed by atoms with Gasteiger partial charge in [0.15, 0.2) is 0 Å². The number of rotatable bonds is 2. The monoisotopic (exact) mass is 269 g/mol. The number of aliphatic hydroxyl groups is 1. The normalized spacial score (nSPS) is 14.8. The second kappa shape index (κ2) is 5.55. The number of benzene rings is 2. The number of aliphatic hydroxyl groups excluding tert-OH is 1. The maximum atomic E-state index is 9.87. The van der Waals surface area contributed by atoms with Gasteiger partial charge in [-0.15, -0.1) is 0 Å². The maximum Gasteiger partial charge on any atom is 0.121 e. The van der Waals surface area contributed by atoms with Gasteiger partial charge in [-0.05, 0) is 48.2 Å². The molecule has 3 heteroatoms. The van der Waals surface area contributed by atoms with Crippen LogP contribution in [0.25, 0.3) is 0 Å². The number of phenols is 1. The Labute approximate surface area is 119 Å². The minimum atomic E-state index is -0.110. The summed E-state index contributed by atoms with van der Waals surface area (Å²) < 4.78 is 0. The van der Waals surface area contributed by atoms with Crippen LogP contribution in [0, 0.1) is 0 Å². The van der Waals surface area contributed by atoms with E-state index in [2.05, 4.69) is 29.2 Å². The number of fused-ring (bicyclic) bond motifs is 1. The van der Waals surface area contributed by atoms with E-state index in [1.807, 2.05) is 18.2 Å². The van der Waals surface area contributed by atoms with Crippen molar-refractivity contribution in [1.29, 1.82) is 0 Å². The summed E-state index contributed by atoms with van der Waals surface area (Å²) in [7, 11) is 0. The van der Waals surface area contributed by atoms with Crippen LogP contribution in [0.4, 0.5) is 5.69 Å². The average Bonchev–Trinajstić information content (AvgIpc) is 2.69. The fraction of sp³-hybridized carbons (Fsp3) is 0.294. The van der Waals surface area contributed by atoms with Crippen molar-refractivity contribution in [3.63, 3.8) is 0 Å². The molecule has 20 heavy (non-hydrogen) atoms. The third kappa shape index (κ3) is 2.49. The van der Waals surface area contributed by atoms with Crippen molar-refractivity contribution in [3.8, 4) is 5.75 Å². The average molecular weight is 269 g/mol. The van der Waals surface area contributed by atoms with Gasteiger partial charge >= 0.3 is 0 Å². The van der Waals surface area contributed by atoms with Gasteiger partial charge in [-0.2, -0.15) is 0 Å². The summed E-state index contributed by atoms with van der Waals surface area (Å²) >= 11 is 0. The van der Waals surface area contributed by atoms with E-state index >= 15 is 0 Å². The number of anilines is 1. The molecule has 1 aliphatic heterocycles. The Hall–Kier alpha value is -2.00. The molecule has 0 radical (unpaired) electrons. The van der Waals surface area contributed by atoms with Crippen molar-refractivity contribution in [2.24, 2.45) is 0 Å². The zero-order valence-corrected chi connectivity index (χ0v) is 11.4. The number of aromatic hydroxyl groups is 1. The number of hydrogen-bond acceptors (Lipinski definition) is 3. The Morgan fingerprint density at radius 1 is 0.950 bits per heavy atom. The Balaban J connectivity index is 1.85. The molecular weight excluding hydrogens is 250 g/mol. The molecule has 0 bridgehead atoms. The Kier molecular flexibility index (Phi) is 3.61. The van der Waals surface area contributed by atoms with Crippen molar-refractivity contribution < 1.29 is 10.2 Å². The first-order valence-corrected chi connectivity index (χ1v) is 7.02. The molecule has 1 aliphatic rings. The van der Waals surface area contributed by atoms with Crippen molar-refractivity contribution in [1.82, 2.24) is 0 Å². The summed E-state index contributed by atoms with van der Waals surface area (Å²) in [5.41, 5.74) is 4.30. The highest BCUT2D eigenvalue weighted by Gasteiger charge is 2.16.